The fourth-order valence-electron chi connectivity index (χ4n) is 2.47. The molecule has 0 saturated carbocycles. The van der Waals surface area contributed by atoms with Gasteiger partial charge in [-0.05, 0) is 23.1 Å². The third kappa shape index (κ3) is 2.86. The average Bonchev–Trinajstić information content (AvgIpc) is 2.80. The third-order valence-electron chi connectivity index (χ3n) is 3.70. The van der Waals surface area contributed by atoms with E-state index < -0.39 is 0 Å². The molecule has 1 aliphatic heterocycles. The van der Waals surface area contributed by atoms with Gasteiger partial charge in [0.15, 0.2) is 11.5 Å². The quantitative estimate of drug-likeness (QED) is 0.914. The minimum atomic E-state index is 0.129. The normalized spacial score (nSPS) is 20.4. The van der Waals surface area contributed by atoms with E-state index in [2.05, 4.69) is 43.2 Å². The molecule has 1 atom stereocenters. The number of aromatic nitrogens is 1. The highest BCUT2D eigenvalue weighted by atomic mass is 16.5. The van der Waals surface area contributed by atoms with Gasteiger partial charge >= 0.3 is 0 Å². The number of ether oxygens (including phenoxy) is 1. The Balaban J connectivity index is 1.83. The van der Waals surface area contributed by atoms with Gasteiger partial charge in [-0.1, -0.05) is 26.8 Å². The van der Waals surface area contributed by atoms with E-state index in [-0.39, 0.29) is 11.5 Å². The molecule has 0 amide bonds. The van der Waals surface area contributed by atoms with Crippen LogP contribution in [0.3, 0.4) is 0 Å². The molecule has 0 aliphatic carbocycles. The van der Waals surface area contributed by atoms with E-state index in [0.29, 0.717) is 0 Å². The van der Waals surface area contributed by atoms with Crippen LogP contribution in [0.5, 0.6) is 0 Å². The van der Waals surface area contributed by atoms with Gasteiger partial charge in [0.2, 0.25) is 0 Å². The first kappa shape index (κ1) is 13.6. The Bertz CT molecular complexity index is 592. The zero-order valence-electron chi connectivity index (χ0n) is 12.4. The summed E-state index contributed by atoms with van der Waals surface area (Å²) in [6, 6.07) is 6.27. The lowest BCUT2D eigenvalue weighted by atomic mass is 9.87. The Morgan fingerprint density at radius 3 is 2.90 bits per heavy atom. The van der Waals surface area contributed by atoms with Gasteiger partial charge in [0.25, 0.3) is 0 Å². The van der Waals surface area contributed by atoms with Crippen LogP contribution in [-0.4, -0.2) is 30.8 Å². The van der Waals surface area contributed by atoms with E-state index in [1.807, 2.05) is 6.07 Å². The van der Waals surface area contributed by atoms with Crippen molar-refractivity contribution in [1.82, 2.24) is 10.3 Å². The molecule has 1 unspecified atom stereocenters. The van der Waals surface area contributed by atoms with E-state index in [1.54, 1.807) is 0 Å². The molecule has 1 saturated heterocycles. The third-order valence-corrected chi connectivity index (χ3v) is 3.70. The highest BCUT2D eigenvalue weighted by Gasteiger charge is 2.19. The van der Waals surface area contributed by atoms with Crippen LogP contribution in [0.1, 0.15) is 32.2 Å². The standard InChI is InChI=1S/C16H22N2O2/c1-16(2,3)11-4-5-14-13(8-11)18-15(20-14)9-12-10-17-6-7-19-12/h4-5,8,12,17H,6-7,9-10H2,1-3H3. The number of hydrogen-bond donors (Lipinski definition) is 1. The maximum atomic E-state index is 5.82. The van der Waals surface area contributed by atoms with Crippen LogP contribution in [-0.2, 0) is 16.6 Å². The van der Waals surface area contributed by atoms with Crippen molar-refractivity contribution >= 4 is 11.1 Å². The smallest absolute Gasteiger partial charge is 0.198 e. The number of rotatable bonds is 2. The molecule has 4 nitrogen and oxygen atoms in total. The Hall–Kier alpha value is -1.39. The molecule has 1 fully saturated rings. The summed E-state index contributed by atoms with van der Waals surface area (Å²) < 4.78 is 11.5. The van der Waals surface area contributed by atoms with Crippen molar-refractivity contribution in [2.45, 2.75) is 38.7 Å². The molecule has 1 aromatic heterocycles. The van der Waals surface area contributed by atoms with Crippen molar-refractivity contribution in [3.63, 3.8) is 0 Å². The van der Waals surface area contributed by atoms with E-state index in [9.17, 15) is 0 Å². The van der Waals surface area contributed by atoms with Crippen LogP contribution < -0.4 is 5.32 Å². The SMILES string of the molecule is CC(C)(C)c1ccc2oc(CC3CNCCO3)nc2c1. The molecule has 20 heavy (non-hydrogen) atoms. The highest BCUT2D eigenvalue weighted by molar-refractivity contribution is 5.73. The van der Waals surface area contributed by atoms with Crippen LogP contribution in [0.4, 0.5) is 0 Å². The van der Waals surface area contributed by atoms with Gasteiger partial charge in [-0.2, -0.15) is 0 Å². The Labute approximate surface area is 119 Å². The average molecular weight is 274 g/mol. The minimum Gasteiger partial charge on any atom is -0.441 e. The summed E-state index contributed by atoms with van der Waals surface area (Å²) in [5.41, 5.74) is 3.21. The summed E-state index contributed by atoms with van der Waals surface area (Å²) in [5.74, 6) is 0.764. The van der Waals surface area contributed by atoms with Crippen molar-refractivity contribution in [3.05, 3.63) is 29.7 Å². The van der Waals surface area contributed by atoms with Gasteiger partial charge in [0, 0.05) is 13.1 Å². The summed E-state index contributed by atoms with van der Waals surface area (Å²) >= 11 is 0. The summed E-state index contributed by atoms with van der Waals surface area (Å²) in [6.07, 6.45) is 0.894. The van der Waals surface area contributed by atoms with Gasteiger partial charge < -0.3 is 14.5 Å². The van der Waals surface area contributed by atoms with E-state index >= 15 is 0 Å². The molecule has 0 spiro atoms. The first-order valence-electron chi connectivity index (χ1n) is 7.25. The second-order valence-electron chi connectivity index (χ2n) is 6.44. The van der Waals surface area contributed by atoms with Gasteiger partial charge in [0.05, 0.1) is 19.1 Å². The summed E-state index contributed by atoms with van der Waals surface area (Å²) in [5, 5.41) is 3.32. The highest BCUT2D eigenvalue weighted by Crippen LogP contribution is 2.26. The lowest BCUT2D eigenvalue weighted by Crippen LogP contribution is -2.39. The molecule has 3 rings (SSSR count). The predicted molar refractivity (Wildman–Crippen MR) is 79.0 cm³/mol. The topological polar surface area (TPSA) is 47.3 Å². The minimum absolute atomic E-state index is 0.129. The molecule has 2 heterocycles. The number of hydrogen-bond acceptors (Lipinski definition) is 4. The number of oxazole rings is 1. The molecule has 0 bridgehead atoms. The monoisotopic (exact) mass is 274 g/mol. The second-order valence-corrected chi connectivity index (χ2v) is 6.44. The molecular weight excluding hydrogens is 252 g/mol. The van der Waals surface area contributed by atoms with Crippen LogP contribution in [0, 0.1) is 0 Å². The number of morpholine rings is 1. The first-order chi connectivity index (χ1) is 9.52. The second kappa shape index (κ2) is 5.19. The number of nitrogens with zero attached hydrogens (tertiary/aromatic N) is 1. The summed E-state index contributed by atoms with van der Waals surface area (Å²) in [4.78, 5) is 4.61. The van der Waals surface area contributed by atoms with Crippen LogP contribution in [0.25, 0.3) is 11.1 Å². The van der Waals surface area contributed by atoms with Gasteiger partial charge in [0.1, 0.15) is 5.52 Å². The number of nitrogens with one attached hydrogen (secondary N) is 1. The molecule has 108 valence electrons. The largest absolute Gasteiger partial charge is 0.441 e. The predicted octanol–water partition coefficient (Wildman–Crippen LogP) is 2.66. The molecular formula is C16H22N2O2. The first-order valence-corrected chi connectivity index (χ1v) is 7.25. The Morgan fingerprint density at radius 1 is 1.35 bits per heavy atom. The Morgan fingerprint density at radius 2 is 2.20 bits per heavy atom. The lowest BCUT2D eigenvalue weighted by molar-refractivity contribution is 0.0257. The van der Waals surface area contributed by atoms with E-state index in [1.165, 1.54) is 5.56 Å². The summed E-state index contributed by atoms with van der Waals surface area (Å²) in [7, 11) is 0. The zero-order valence-corrected chi connectivity index (χ0v) is 12.4. The fourth-order valence-corrected chi connectivity index (χ4v) is 2.47. The van der Waals surface area contributed by atoms with Gasteiger partial charge in [-0.3, -0.25) is 0 Å². The van der Waals surface area contributed by atoms with Gasteiger partial charge in [-0.25, -0.2) is 4.98 Å². The van der Waals surface area contributed by atoms with Crippen molar-refractivity contribution < 1.29 is 9.15 Å². The molecule has 4 heteroatoms. The maximum absolute atomic E-state index is 5.82. The van der Waals surface area contributed by atoms with Crippen LogP contribution in [0.15, 0.2) is 22.6 Å². The van der Waals surface area contributed by atoms with Crippen LogP contribution >= 0.6 is 0 Å². The zero-order chi connectivity index (χ0) is 14.2. The lowest BCUT2D eigenvalue weighted by Gasteiger charge is -2.22. The maximum Gasteiger partial charge on any atom is 0.198 e. The molecule has 0 radical (unpaired) electrons. The number of fused-ring (bicyclic) bond motifs is 1. The molecule has 1 N–H and O–H groups in total. The van der Waals surface area contributed by atoms with Crippen molar-refractivity contribution in [2.24, 2.45) is 0 Å². The van der Waals surface area contributed by atoms with Crippen molar-refractivity contribution in [1.29, 1.82) is 0 Å². The molecule has 1 aliphatic rings. The Kier molecular flexibility index (Phi) is 3.52. The van der Waals surface area contributed by atoms with E-state index in [0.717, 1.165) is 43.1 Å². The number of benzene rings is 1. The molecule has 1 aromatic carbocycles. The fraction of sp³-hybridized carbons (Fsp3) is 0.562. The van der Waals surface area contributed by atoms with Crippen molar-refractivity contribution in [3.8, 4) is 0 Å². The van der Waals surface area contributed by atoms with E-state index in [4.69, 9.17) is 9.15 Å². The summed E-state index contributed by atoms with van der Waals surface area (Å²) in [6.45, 7) is 9.17. The van der Waals surface area contributed by atoms with Crippen molar-refractivity contribution in [2.75, 3.05) is 19.7 Å². The molecule has 2 aromatic rings. The van der Waals surface area contributed by atoms with Crippen LogP contribution in [0.2, 0.25) is 0 Å². The van der Waals surface area contributed by atoms with Gasteiger partial charge in [-0.15, -0.1) is 0 Å².